The zero-order valence-electron chi connectivity index (χ0n) is 15.8. The second-order valence-electron chi connectivity index (χ2n) is 7.48. The Labute approximate surface area is 158 Å². The maximum atomic E-state index is 13.0. The van der Waals surface area contributed by atoms with Crippen LogP contribution in [0.5, 0.6) is 0 Å². The standard InChI is InChI=1S/C19H25N5O3/c1-11(2)13-9-14(23-19(20)22-13)18(25)24-6-3-16-15(10-24)21-17(27-16)12-4-7-26-8-5-12/h9,11-12H,3-8,10H2,1-2H3,(H2,20,22,23). The number of oxazole rings is 1. The molecular formula is C19H25N5O3. The first-order valence-corrected chi connectivity index (χ1v) is 9.51. The normalized spacial score (nSPS) is 18.0. The summed E-state index contributed by atoms with van der Waals surface area (Å²) in [7, 11) is 0. The Morgan fingerprint density at radius 3 is 2.78 bits per heavy atom. The van der Waals surface area contributed by atoms with Crippen molar-refractivity contribution in [3.63, 3.8) is 0 Å². The molecule has 27 heavy (non-hydrogen) atoms. The Morgan fingerprint density at radius 1 is 1.26 bits per heavy atom. The van der Waals surface area contributed by atoms with E-state index >= 15 is 0 Å². The molecule has 0 radical (unpaired) electrons. The van der Waals surface area contributed by atoms with E-state index in [2.05, 4.69) is 9.97 Å². The number of rotatable bonds is 3. The fourth-order valence-corrected chi connectivity index (χ4v) is 3.56. The number of aromatic nitrogens is 3. The topological polar surface area (TPSA) is 107 Å². The third-order valence-electron chi connectivity index (χ3n) is 5.18. The summed E-state index contributed by atoms with van der Waals surface area (Å²) in [6.07, 6.45) is 2.52. The van der Waals surface area contributed by atoms with Crippen molar-refractivity contribution in [2.75, 3.05) is 25.5 Å². The molecular weight excluding hydrogens is 346 g/mol. The largest absolute Gasteiger partial charge is 0.445 e. The minimum atomic E-state index is -0.146. The number of hydrogen-bond acceptors (Lipinski definition) is 7. The van der Waals surface area contributed by atoms with Gasteiger partial charge in [-0.1, -0.05) is 13.8 Å². The van der Waals surface area contributed by atoms with E-state index in [1.165, 1.54) is 0 Å². The van der Waals surface area contributed by atoms with Crippen LogP contribution < -0.4 is 5.73 Å². The summed E-state index contributed by atoms with van der Waals surface area (Å²) in [5.74, 6) is 2.14. The van der Waals surface area contributed by atoms with Gasteiger partial charge in [0, 0.05) is 37.8 Å². The molecule has 1 fully saturated rings. The molecule has 8 heteroatoms. The smallest absolute Gasteiger partial charge is 0.273 e. The van der Waals surface area contributed by atoms with Crippen LogP contribution in [-0.2, 0) is 17.7 Å². The summed E-state index contributed by atoms with van der Waals surface area (Å²) in [6.45, 7) is 6.52. The molecule has 2 aliphatic rings. The van der Waals surface area contributed by atoms with E-state index in [1.807, 2.05) is 13.8 Å². The monoisotopic (exact) mass is 371 g/mol. The van der Waals surface area contributed by atoms with Crippen molar-refractivity contribution < 1.29 is 13.9 Å². The summed E-state index contributed by atoms with van der Waals surface area (Å²) < 4.78 is 11.4. The zero-order chi connectivity index (χ0) is 19.0. The van der Waals surface area contributed by atoms with Crippen LogP contribution in [0.15, 0.2) is 10.5 Å². The molecule has 1 saturated heterocycles. The number of nitrogen functional groups attached to an aromatic ring is 1. The minimum Gasteiger partial charge on any atom is -0.445 e. The molecule has 0 aromatic carbocycles. The van der Waals surface area contributed by atoms with Gasteiger partial charge >= 0.3 is 0 Å². The highest BCUT2D eigenvalue weighted by Gasteiger charge is 2.30. The lowest BCUT2D eigenvalue weighted by Crippen LogP contribution is -2.36. The Balaban J connectivity index is 1.52. The second-order valence-corrected chi connectivity index (χ2v) is 7.48. The molecule has 0 atom stereocenters. The average Bonchev–Trinajstić information content (AvgIpc) is 3.11. The van der Waals surface area contributed by atoms with Gasteiger partial charge in [0.15, 0.2) is 5.89 Å². The highest BCUT2D eigenvalue weighted by Crippen LogP contribution is 2.30. The highest BCUT2D eigenvalue weighted by atomic mass is 16.5. The molecule has 0 aliphatic carbocycles. The molecule has 2 N–H and O–H groups in total. The van der Waals surface area contributed by atoms with Crippen molar-refractivity contribution in [2.45, 2.75) is 51.5 Å². The molecule has 4 heterocycles. The van der Waals surface area contributed by atoms with E-state index in [1.54, 1.807) is 11.0 Å². The first-order valence-electron chi connectivity index (χ1n) is 9.51. The van der Waals surface area contributed by atoms with Crippen molar-refractivity contribution >= 4 is 11.9 Å². The fraction of sp³-hybridized carbons (Fsp3) is 0.579. The molecule has 2 aromatic heterocycles. The summed E-state index contributed by atoms with van der Waals surface area (Å²) in [6, 6.07) is 1.73. The summed E-state index contributed by atoms with van der Waals surface area (Å²) in [5.41, 5.74) is 7.75. The molecule has 0 spiro atoms. The Kier molecular flexibility index (Phi) is 4.82. The van der Waals surface area contributed by atoms with Gasteiger partial charge in [-0.05, 0) is 24.8 Å². The third kappa shape index (κ3) is 3.66. The van der Waals surface area contributed by atoms with Crippen LogP contribution in [0.1, 0.15) is 72.1 Å². The highest BCUT2D eigenvalue weighted by molar-refractivity contribution is 5.92. The number of nitrogens with two attached hydrogens (primary N) is 1. The van der Waals surface area contributed by atoms with E-state index in [9.17, 15) is 4.79 Å². The maximum Gasteiger partial charge on any atom is 0.273 e. The van der Waals surface area contributed by atoms with Crippen LogP contribution in [0.4, 0.5) is 5.95 Å². The lowest BCUT2D eigenvalue weighted by atomic mass is 10.0. The summed E-state index contributed by atoms with van der Waals surface area (Å²) in [5, 5.41) is 0. The molecule has 0 unspecified atom stereocenters. The van der Waals surface area contributed by atoms with Crippen molar-refractivity contribution in [1.29, 1.82) is 0 Å². The quantitative estimate of drug-likeness (QED) is 0.881. The van der Waals surface area contributed by atoms with Gasteiger partial charge in [-0.15, -0.1) is 0 Å². The van der Waals surface area contributed by atoms with Gasteiger partial charge in [0.1, 0.15) is 17.1 Å². The van der Waals surface area contributed by atoms with Gasteiger partial charge in [0.05, 0.1) is 6.54 Å². The fourth-order valence-electron chi connectivity index (χ4n) is 3.56. The number of ether oxygens (including phenoxy) is 1. The van der Waals surface area contributed by atoms with Crippen LogP contribution in [0.3, 0.4) is 0 Å². The lowest BCUT2D eigenvalue weighted by molar-refractivity contribution is 0.0720. The molecule has 2 aromatic rings. The molecule has 144 valence electrons. The lowest BCUT2D eigenvalue weighted by Gasteiger charge is -2.25. The van der Waals surface area contributed by atoms with Crippen LogP contribution in [0.25, 0.3) is 0 Å². The van der Waals surface area contributed by atoms with Gasteiger partial charge in [-0.25, -0.2) is 15.0 Å². The van der Waals surface area contributed by atoms with Crippen LogP contribution >= 0.6 is 0 Å². The number of hydrogen-bond donors (Lipinski definition) is 1. The molecule has 0 saturated carbocycles. The van der Waals surface area contributed by atoms with Gasteiger partial charge in [-0.3, -0.25) is 4.79 Å². The predicted octanol–water partition coefficient (Wildman–Crippen LogP) is 2.26. The van der Waals surface area contributed by atoms with Crippen LogP contribution in [-0.4, -0.2) is 45.5 Å². The summed E-state index contributed by atoms with van der Waals surface area (Å²) >= 11 is 0. The number of amides is 1. The van der Waals surface area contributed by atoms with Crippen molar-refractivity contribution in [1.82, 2.24) is 19.9 Å². The summed E-state index contributed by atoms with van der Waals surface area (Å²) in [4.78, 5) is 27.7. The van der Waals surface area contributed by atoms with Crippen molar-refractivity contribution in [3.05, 3.63) is 34.8 Å². The van der Waals surface area contributed by atoms with Crippen LogP contribution in [0.2, 0.25) is 0 Å². The number of nitrogens with zero attached hydrogens (tertiary/aromatic N) is 4. The Morgan fingerprint density at radius 2 is 2.04 bits per heavy atom. The van der Waals surface area contributed by atoms with Gasteiger partial charge in [0.2, 0.25) is 5.95 Å². The first kappa shape index (κ1) is 17.9. The van der Waals surface area contributed by atoms with Gasteiger partial charge in [0.25, 0.3) is 5.91 Å². The molecule has 2 aliphatic heterocycles. The Hall–Kier alpha value is -2.48. The van der Waals surface area contributed by atoms with Crippen molar-refractivity contribution in [3.8, 4) is 0 Å². The molecule has 1 amide bonds. The Bertz CT molecular complexity index is 842. The molecule has 0 bridgehead atoms. The number of carbonyl (C=O) groups excluding carboxylic acids is 1. The number of fused-ring (bicyclic) bond motifs is 1. The minimum absolute atomic E-state index is 0.130. The second kappa shape index (κ2) is 7.26. The molecule has 8 nitrogen and oxygen atoms in total. The van der Waals surface area contributed by atoms with E-state index in [0.29, 0.717) is 31.1 Å². The number of anilines is 1. The van der Waals surface area contributed by atoms with Crippen molar-refractivity contribution in [2.24, 2.45) is 0 Å². The van der Waals surface area contributed by atoms with E-state index in [4.69, 9.17) is 19.9 Å². The predicted molar refractivity (Wildman–Crippen MR) is 98.3 cm³/mol. The number of carbonyl (C=O) groups is 1. The maximum absolute atomic E-state index is 13.0. The zero-order valence-corrected chi connectivity index (χ0v) is 15.8. The van der Waals surface area contributed by atoms with Crippen LogP contribution in [0, 0.1) is 0 Å². The van der Waals surface area contributed by atoms with E-state index < -0.39 is 0 Å². The van der Waals surface area contributed by atoms with E-state index in [-0.39, 0.29) is 17.8 Å². The third-order valence-corrected chi connectivity index (χ3v) is 5.18. The van der Waals surface area contributed by atoms with Gasteiger partial charge in [-0.2, -0.15) is 0 Å². The molecule has 4 rings (SSSR count). The first-order chi connectivity index (χ1) is 13.0. The van der Waals surface area contributed by atoms with E-state index in [0.717, 1.165) is 49.1 Å². The SMILES string of the molecule is CC(C)c1cc(C(=O)N2CCc3oc(C4CCOCC4)nc3C2)nc(N)n1. The van der Waals surface area contributed by atoms with Gasteiger partial charge < -0.3 is 19.8 Å². The average molecular weight is 371 g/mol.